The lowest BCUT2D eigenvalue weighted by atomic mass is 9.93. The van der Waals surface area contributed by atoms with Crippen LogP contribution in [-0.2, 0) is 13.0 Å². The van der Waals surface area contributed by atoms with Gasteiger partial charge in [0.05, 0.1) is 0 Å². The highest BCUT2D eigenvalue weighted by molar-refractivity contribution is 5.74. The first-order valence-electron chi connectivity index (χ1n) is 10.2. The summed E-state index contributed by atoms with van der Waals surface area (Å²) in [5, 5.41) is 10.4. The van der Waals surface area contributed by atoms with Crippen molar-refractivity contribution >= 4 is 6.03 Å². The molecule has 2 heterocycles. The minimum absolute atomic E-state index is 0.0232. The van der Waals surface area contributed by atoms with Gasteiger partial charge in [-0.15, -0.1) is 0 Å². The fourth-order valence-corrected chi connectivity index (χ4v) is 3.71. The lowest BCUT2D eigenvalue weighted by molar-refractivity contribution is 0.169. The van der Waals surface area contributed by atoms with Crippen LogP contribution in [0.5, 0.6) is 0 Å². The highest BCUT2D eigenvalue weighted by Gasteiger charge is 2.23. The first kappa shape index (κ1) is 19.2. The van der Waals surface area contributed by atoms with Gasteiger partial charge in [-0.1, -0.05) is 60.2 Å². The zero-order valence-corrected chi connectivity index (χ0v) is 16.8. The van der Waals surface area contributed by atoms with Crippen molar-refractivity contribution in [3.8, 4) is 11.4 Å². The van der Waals surface area contributed by atoms with Crippen LogP contribution in [0.2, 0.25) is 0 Å². The fraction of sp³-hybridized carbons (Fsp3) is 0.348. The molecule has 6 nitrogen and oxygen atoms in total. The molecule has 0 atom stereocenters. The Hall–Kier alpha value is -3.15. The molecule has 6 heteroatoms. The number of amides is 2. The molecule has 0 aliphatic carbocycles. The van der Waals surface area contributed by atoms with Gasteiger partial charge in [-0.05, 0) is 31.2 Å². The number of carbonyl (C=O) groups excluding carboxylic acids is 1. The Bertz CT molecular complexity index is 927. The van der Waals surface area contributed by atoms with Crippen LogP contribution in [-0.4, -0.2) is 39.2 Å². The number of hydrogen-bond acceptors (Lipinski definition) is 3. The number of benzene rings is 2. The second kappa shape index (κ2) is 8.90. The lowest BCUT2D eigenvalue weighted by Gasteiger charge is -2.31. The molecule has 2 N–H and O–H groups in total. The van der Waals surface area contributed by atoms with Gasteiger partial charge in [-0.25, -0.2) is 9.78 Å². The van der Waals surface area contributed by atoms with Crippen LogP contribution in [0.1, 0.15) is 29.8 Å². The predicted octanol–water partition coefficient (Wildman–Crippen LogP) is 3.94. The van der Waals surface area contributed by atoms with Gasteiger partial charge in [-0.2, -0.15) is 5.10 Å². The van der Waals surface area contributed by atoms with Crippen LogP contribution in [0.25, 0.3) is 11.4 Å². The van der Waals surface area contributed by atoms with Crippen LogP contribution < -0.4 is 5.32 Å². The van der Waals surface area contributed by atoms with Crippen LogP contribution >= 0.6 is 0 Å². The SMILES string of the molecule is Cc1ccc(CNC(=O)N2CCC(Cc3nc(-c4ccccc4)n[nH]3)CC2)cc1. The van der Waals surface area contributed by atoms with Crippen LogP contribution in [0.15, 0.2) is 54.6 Å². The molecule has 4 rings (SSSR count). The van der Waals surface area contributed by atoms with Gasteiger partial charge in [-0.3, -0.25) is 5.10 Å². The molecule has 29 heavy (non-hydrogen) atoms. The Kier molecular flexibility index (Phi) is 5.89. The van der Waals surface area contributed by atoms with Gasteiger partial charge in [0.15, 0.2) is 5.82 Å². The number of aryl methyl sites for hydroxylation is 1. The molecular formula is C23H27N5O. The van der Waals surface area contributed by atoms with E-state index in [9.17, 15) is 4.79 Å². The van der Waals surface area contributed by atoms with Gasteiger partial charge < -0.3 is 10.2 Å². The molecule has 1 aliphatic heterocycles. The first-order chi connectivity index (χ1) is 14.2. The number of aromatic amines is 1. The molecule has 0 bridgehead atoms. The molecule has 0 unspecified atom stereocenters. The van der Waals surface area contributed by atoms with E-state index in [0.29, 0.717) is 12.5 Å². The van der Waals surface area contributed by atoms with E-state index in [4.69, 9.17) is 0 Å². The molecule has 150 valence electrons. The van der Waals surface area contributed by atoms with Crippen LogP contribution in [0, 0.1) is 12.8 Å². The van der Waals surface area contributed by atoms with E-state index in [1.54, 1.807) is 0 Å². The summed E-state index contributed by atoms with van der Waals surface area (Å²) in [7, 11) is 0. The summed E-state index contributed by atoms with van der Waals surface area (Å²) in [4.78, 5) is 19.0. The van der Waals surface area contributed by atoms with E-state index in [1.807, 2.05) is 35.2 Å². The molecule has 0 spiro atoms. The predicted molar refractivity (Wildman–Crippen MR) is 113 cm³/mol. The molecule has 0 radical (unpaired) electrons. The van der Waals surface area contributed by atoms with Gasteiger partial charge in [0.25, 0.3) is 0 Å². The van der Waals surface area contributed by atoms with E-state index in [1.165, 1.54) is 5.56 Å². The summed E-state index contributed by atoms with van der Waals surface area (Å²) < 4.78 is 0. The van der Waals surface area contributed by atoms with Crippen molar-refractivity contribution in [1.82, 2.24) is 25.4 Å². The van der Waals surface area contributed by atoms with Gasteiger partial charge in [0, 0.05) is 31.6 Å². The third kappa shape index (κ3) is 5.02. The number of hydrogen-bond donors (Lipinski definition) is 2. The quantitative estimate of drug-likeness (QED) is 0.694. The number of carbonyl (C=O) groups is 1. The van der Waals surface area contributed by atoms with Crippen molar-refractivity contribution in [2.75, 3.05) is 13.1 Å². The van der Waals surface area contributed by atoms with Crippen molar-refractivity contribution in [3.63, 3.8) is 0 Å². The standard InChI is InChI=1S/C23H27N5O/c1-17-7-9-19(10-8-17)16-24-23(29)28-13-11-18(12-14-28)15-21-25-22(27-26-21)20-5-3-2-4-6-20/h2-10,18H,11-16H2,1H3,(H,24,29)(H,25,26,27). The zero-order chi connectivity index (χ0) is 20.1. The summed E-state index contributed by atoms with van der Waals surface area (Å²) in [6, 6.07) is 18.3. The van der Waals surface area contributed by atoms with E-state index in [0.717, 1.165) is 55.1 Å². The normalized spacial score (nSPS) is 14.7. The Morgan fingerprint density at radius 3 is 2.55 bits per heavy atom. The van der Waals surface area contributed by atoms with E-state index in [2.05, 4.69) is 51.7 Å². The van der Waals surface area contributed by atoms with Crippen molar-refractivity contribution in [1.29, 1.82) is 0 Å². The topological polar surface area (TPSA) is 73.9 Å². The number of nitrogens with zero attached hydrogens (tertiary/aromatic N) is 3. The molecule has 1 saturated heterocycles. The van der Waals surface area contributed by atoms with Crippen molar-refractivity contribution in [2.24, 2.45) is 5.92 Å². The monoisotopic (exact) mass is 389 g/mol. The molecular weight excluding hydrogens is 362 g/mol. The molecule has 1 aromatic heterocycles. The van der Waals surface area contributed by atoms with Crippen molar-refractivity contribution in [2.45, 2.75) is 32.7 Å². The van der Waals surface area contributed by atoms with E-state index in [-0.39, 0.29) is 6.03 Å². The second-order valence-electron chi connectivity index (χ2n) is 7.75. The van der Waals surface area contributed by atoms with Crippen molar-refractivity contribution < 1.29 is 4.79 Å². The van der Waals surface area contributed by atoms with Crippen LogP contribution in [0.4, 0.5) is 4.79 Å². The van der Waals surface area contributed by atoms with Gasteiger partial charge in [0.1, 0.15) is 5.82 Å². The van der Waals surface area contributed by atoms with Crippen molar-refractivity contribution in [3.05, 3.63) is 71.5 Å². The average Bonchev–Trinajstić information content (AvgIpc) is 3.23. The molecule has 1 fully saturated rings. The second-order valence-corrected chi connectivity index (χ2v) is 7.75. The van der Waals surface area contributed by atoms with Gasteiger partial charge in [0.2, 0.25) is 0 Å². The first-order valence-corrected chi connectivity index (χ1v) is 10.2. The molecule has 2 aromatic carbocycles. The summed E-state index contributed by atoms with van der Waals surface area (Å²) in [6.45, 7) is 4.20. The summed E-state index contributed by atoms with van der Waals surface area (Å²) in [5.74, 6) is 2.19. The molecule has 2 amide bonds. The molecule has 3 aromatic rings. The maximum Gasteiger partial charge on any atom is 0.317 e. The Labute approximate surface area is 171 Å². The number of aromatic nitrogens is 3. The van der Waals surface area contributed by atoms with Crippen LogP contribution in [0.3, 0.4) is 0 Å². The van der Waals surface area contributed by atoms with E-state index >= 15 is 0 Å². The minimum atomic E-state index is 0.0232. The average molecular weight is 390 g/mol. The highest BCUT2D eigenvalue weighted by Crippen LogP contribution is 2.22. The number of piperidine rings is 1. The highest BCUT2D eigenvalue weighted by atomic mass is 16.2. The molecule has 0 saturated carbocycles. The fourth-order valence-electron chi connectivity index (χ4n) is 3.71. The molecule has 1 aliphatic rings. The third-order valence-electron chi connectivity index (χ3n) is 5.51. The smallest absolute Gasteiger partial charge is 0.317 e. The summed E-state index contributed by atoms with van der Waals surface area (Å²) in [5.41, 5.74) is 3.37. The number of urea groups is 1. The number of likely N-dealkylation sites (tertiary alicyclic amines) is 1. The summed E-state index contributed by atoms with van der Waals surface area (Å²) >= 11 is 0. The minimum Gasteiger partial charge on any atom is -0.334 e. The number of rotatable bonds is 5. The van der Waals surface area contributed by atoms with E-state index < -0.39 is 0 Å². The Balaban J connectivity index is 1.23. The summed E-state index contributed by atoms with van der Waals surface area (Å²) in [6.07, 6.45) is 2.84. The lowest BCUT2D eigenvalue weighted by Crippen LogP contribution is -2.44. The zero-order valence-electron chi connectivity index (χ0n) is 16.8. The number of nitrogens with one attached hydrogen (secondary N) is 2. The Morgan fingerprint density at radius 1 is 1.10 bits per heavy atom. The third-order valence-corrected chi connectivity index (χ3v) is 5.51. The largest absolute Gasteiger partial charge is 0.334 e. The maximum absolute atomic E-state index is 12.4. The van der Waals surface area contributed by atoms with Gasteiger partial charge >= 0.3 is 6.03 Å². The number of H-pyrrole nitrogens is 1. The maximum atomic E-state index is 12.4. The Morgan fingerprint density at radius 2 is 1.83 bits per heavy atom.